The minimum Gasteiger partial charge on any atom is -0.353 e. The molecule has 17 heavy (non-hydrogen) atoms. The van der Waals surface area contributed by atoms with Gasteiger partial charge in [-0.05, 0) is 23.9 Å². The van der Waals surface area contributed by atoms with Gasteiger partial charge in [0, 0.05) is 29.4 Å². The average Bonchev–Trinajstić information content (AvgIpc) is 2.77. The Balaban J connectivity index is 2.09. The SMILES string of the molecule is Cc1ccsc1-c1cnc(NCCC#N)nc1. The van der Waals surface area contributed by atoms with Gasteiger partial charge in [-0.25, -0.2) is 9.97 Å². The molecule has 0 aliphatic carbocycles. The lowest BCUT2D eigenvalue weighted by Gasteiger charge is -2.03. The summed E-state index contributed by atoms with van der Waals surface area (Å²) < 4.78 is 0. The van der Waals surface area contributed by atoms with E-state index in [1.54, 1.807) is 23.7 Å². The lowest BCUT2D eigenvalue weighted by atomic mass is 10.2. The van der Waals surface area contributed by atoms with Crippen LogP contribution in [0.2, 0.25) is 0 Å². The minimum atomic E-state index is 0.454. The van der Waals surface area contributed by atoms with Crippen LogP contribution in [0.1, 0.15) is 12.0 Å². The Bertz CT molecular complexity index is 524. The smallest absolute Gasteiger partial charge is 0.222 e. The number of hydrogen-bond donors (Lipinski definition) is 1. The van der Waals surface area contributed by atoms with Crippen molar-refractivity contribution in [1.82, 2.24) is 9.97 Å². The zero-order valence-corrected chi connectivity index (χ0v) is 10.3. The first-order valence-electron chi connectivity index (χ1n) is 5.28. The highest BCUT2D eigenvalue weighted by atomic mass is 32.1. The lowest BCUT2D eigenvalue weighted by Crippen LogP contribution is -2.04. The van der Waals surface area contributed by atoms with Crippen molar-refractivity contribution in [2.24, 2.45) is 0 Å². The highest BCUT2D eigenvalue weighted by Crippen LogP contribution is 2.27. The molecule has 4 nitrogen and oxygen atoms in total. The number of aromatic nitrogens is 2. The number of nitrogens with zero attached hydrogens (tertiary/aromatic N) is 3. The summed E-state index contributed by atoms with van der Waals surface area (Å²) in [4.78, 5) is 9.65. The second-order valence-corrected chi connectivity index (χ2v) is 4.48. The first-order chi connectivity index (χ1) is 8.31. The molecule has 1 N–H and O–H groups in total. The Morgan fingerprint density at radius 3 is 2.76 bits per heavy atom. The Kier molecular flexibility index (Phi) is 3.68. The standard InChI is InChI=1S/C12H12N4S/c1-9-3-6-17-11(9)10-7-15-12(16-8-10)14-5-2-4-13/h3,6-8H,2,5H2,1H3,(H,14,15,16). The van der Waals surface area contributed by atoms with Gasteiger partial charge >= 0.3 is 0 Å². The molecule has 0 radical (unpaired) electrons. The van der Waals surface area contributed by atoms with Gasteiger partial charge in [-0.1, -0.05) is 0 Å². The number of anilines is 1. The van der Waals surface area contributed by atoms with E-state index < -0.39 is 0 Å². The van der Waals surface area contributed by atoms with Crippen molar-refractivity contribution in [2.75, 3.05) is 11.9 Å². The molecule has 0 bridgehead atoms. The number of thiophene rings is 1. The van der Waals surface area contributed by atoms with E-state index in [9.17, 15) is 0 Å². The second kappa shape index (κ2) is 5.41. The van der Waals surface area contributed by atoms with Gasteiger partial charge in [0.25, 0.3) is 0 Å². The van der Waals surface area contributed by atoms with Crippen molar-refractivity contribution < 1.29 is 0 Å². The van der Waals surface area contributed by atoms with Gasteiger partial charge in [0.1, 0.15) is 0 Å². The van der Waals surface area contributed by atoms with Gasteiger partial charge in [0.05, 0.1) is 12.5 Å². The molecule has 0 saturated carbocycles. The molecule has 0 unspecified atom stereocenters. The largest absolute Gasteiger partial charge is 0.353 e. The van der Waals surface area contributed by atoms with Crippen molar-refractivity contribution in [3.63, 3.8) is 0 Å². The van der Waals surface area contributed by atoms with Gasteiger partial charge in [-0.2, -0.15) is 5.26 Å². The van der Waals surface area contributed by atoms with Crippen LogP contribution in [0.15, 0.2) is 23.8 Å². The molecule has 2 aromatic heterocycles. The summed E-state index contributed by atoms with van der Waals surface area (Å²) >= 11 is 1.69. The first-order valence-corrected chi connectivity index (χ1v) is 6.16. The third-order valence-corrected chi connectivity index (χ3v) is 3.36. The average molecular weight is 244 g/mol. The van der Waals surface area contributed by atoms with E-state index in [4.69, 9.17) is 5.26 Å². The molecule has 2 rings (SSSR count). The summed E-state index contributed by atoms with van der Waals surface area (Å²) in [5.41, 5.74) is 2.27. The molecule has 2 heterocycles. The van der Waals surface area contributed by atoms with Crippen LogP contribution in [0.5, 0.6) is 0 Å². The maximum Gasteiger partial charge on any atom is 0.222 e. The summed E-state index contributed by atoms with van der Waals surface area (Å²) in [6, 6.07) is 4.15. The monoisotopic (exact) mass is 244 g/mol. The lowest BCUT2D eigenvalue weighted by molar-refractivity contribution is 1.02. The zero-order valence-electron chi connectivity index (χ0n) is 9.47. The van der Waals surface area contributed by atoms with Gasteiger partial charge in [-0.15, -0.1) is 11.3 Å². The number of aryl methyl sites for hydroxylation is 1. The van der Waals surface area contributed by atoms with E-state index >= 15 is 0 Å². The number of rotatable bonds is 4. The molecule has 0 spiro atoms. The molecule has 0 saturated heterocycles. The Labute approximate surface area is 104 Å². The van der Waals surface area contributed by atoms with Crippen LogP contribution in [-0.2, 0) is 0 Å². The zero-order chi connectivity index (χ0) is 12.1. The van der Waals surface area contributed by atoms with Crippen LogP contribution in [-0.4, -0.2) is 16.5 Å². The normalized spacial score (nSPS) is 9.88. The van der Waals surface area contributed by atoms with Gasteiger partial charge in [0.2, 0.25) is 5.95 Å². The molecule has 2 aromatic rings. The van der Waals surface area contributed by atoms with Crippen molar-refractivity contribution in [1.29, 1.82) is 5.26 Å². The van der Waals surface area contributed by atoms with Crippen LogP contribution in [0.25, 0.3) is 10.4 Å². The second-order valence-electron chi connectivity index (χ2n) is 3.56. The molecule has 86 valence electrons. The predicted octanol–water partition coefficient (Wildman–Crippen LogP) is 2.84. The van der Waals surface area contributed by atoms with Crippen LogP contribution < -0.4 is 5.32 Å². The molecular formula is C12H12N4S. The van der Waals surface area contributed by atoms with E-state index in [0.717, 1.165) is 5.56 Å². The molecule has 0 fully saturated rings. The Morgan fingerprint density at radius 1 is 1.41 bits per heavy atom. The van der Waals surface area contributed by atoms with E-state index in [2.05, 4.69) is 39.7 Å². The van der Waals surface area contributed by atoms with Crippen LogP contribution in [0.3, 0.4) is 0 Å². The fourth-order valence-corrected chi connectivity index (χ4v) is 2.34. The fraction of sp³-hybridized carbons (Fsp3) is 0.250. The van der Waals surface area contributed by atoms with E-state index in [-0.39, 0.29) is 0 Å². The Morgan fingerprint density at radius 2 is 2.18 bits per heavy atom. The molecule has 0 aromatic carbocycles. The molecule has 5 heteroatoms. The van der Waals surface area contributed by atoms with Gasteiger partial charge in [0.15, 0.2) is 0 Å². The van der Waals surface area contributed by atoms with Crippen molar-refractivity contribution in [3.05, 3.63) is 29.4 Å². The van der Waals surface area contributed by atoms with E-state index in [1.165, 1.54) is 10.4 Å². The topological polar surface area (TPSA) is 61.6 Å². The first kappa shape index (κ1) is 11.6. The van der Waals surface area contributed by atoms with Crippen molar-refractivity contribution >= 4 is 17.3 Å². The van der Waals surface area contributed by atoms with Crippen molar-refractivity contribution in [3.8, 4) is 16.5 Å². The number of nitriles is 1. The summed E-state index contributed by atoms with van der Waals surface area (Å²) in [6.45, 7) is 2.65. The molecule has 0 amide bonds. The maximum absolute atomic E-state index is 8.41. The van der Waals surface area contributed by atoms with E-state index in [0.29, 0.717) is 18.9 Å². The molecule has 0 atom stereocenters. The van der Waals surface area contributed by atoms with Crippen molar-refractivity contribution in [2.45, 2.75) is 13.3 Å². The molecule has 0 aliphatic heterocycles. The number of nitrogens with one attached hydrogen (secondary N) is 1. The van der Waals surface area contributed by atoms with Crippen LogP contribution in [0, 0.1) is 18.3 Å². The third kappa shape index (κ3) is 2.80. The van der Waals surface area contributed by atoms with Gasteiger partial charge in [-0.3, -0.25) is 0 Å². The quantitative estimate of drug-likeness (QED) is 0.840. The molecular weight excluding hydrogens is 232 g/mol. The highest BCUT2D eigenvalue weighted by Gasteiger charge is 2.04. The summed E-state index contributed by atoms with van der Waals surface area (Å²) in [7, 11) is 0. The minimum absolute atomic E-state index is 0.454. The predicted molar refractivity (Wildman–Crippen MR) is 68.8 cm³/mol. The third-order valence-electron chi connectivity index (χ3n) is 2.30. The summed E-state index contributed by atoms with van der Waals surface area (Å²) in [6.07, 6.45) is 4.07. The highest BCUT2D eigenvalue weighted by molar-refractivity contribution is 7.13. The maximum atomic E-state index is 8.41. The van der Waals surface area contributed by atoms with Crippen LogP contribution >= 0.6 is 11.3 Å². The molecule has 0 aliphatic rings. The fourth-order valence-electron chi connectivity index (χ4n) is 1.44. The van der Waals surface area contributed by atoms with E-state index in [1.807, 2.05) is 0 Å². The summed E-state index contributed by atoms with van der Waals surface area (Å²) in [5.74, 6) is 0.568. The Hall–Kier alpha value is -1.93. The summed E-state index contributed by atoms with van der Waals surface area (Å²) in [5, 5.41) is 13.5. The van der Waals surface area contributed by atoms with Gasteiger partial charge < -0.3 is 5.32 Å². The van der Waals surface area contributed by atoms with Crippen LogP contribution in [0.4, 0.5) is 5.95 Å². The number of hydrogen-bond acceptors (Lipinski definition) is 5.